The van der Waals surface area contributed by atoms with Crippen LogP contribution < -0.4 is 10.7 Å². The van der Waals surface area contributed by atoms with E-state index in [0.29, 0.717) is 16.4 Å². The molecule has 0 radical (unpaired) electrons. The fraction of sp³-hybridized carbons (Fsp3) is 0.280. The van der Waals surface area contributed by atoms with Crippen LogP contribution in [0.3, 0.4) is 0 Å². The van der Waals surface area contributed by atoms with Gasteiger partial charge in [-0.1, -0.05) is 68.1 Å². The quantitative estimate of drug-likeness (QED) is 0.432. The van der Waals surface area contributed by atoms with Crippen LogP contribution in [-0.4, -0.2) is 10.5 Å². The molecule has 4 nitrogen and oxygen atoms in total. The summed E-state index contributed by atoms with van der Waals surface area (Å²) in [5.41, 5.74) is 2.71. The zero-order chi connectivity index (χ0) is 21.5. The lowest BCUT2D eigenvalue weighted by molar-refractivity contribution is 0.102. The van der Waals surface area contributed by atoms with Crippen molar-refractivity contribution in [1.29, 1.82) is 0 Å². The summed E-state index contributed by atoms with van der Waals surface area (Å²) in [5.74, 6) is -0.413. The third-order valence-corrected chi connectivity index (χ3v) is 5.35. The summed E-state index contributed by atoms with van der Waals surface area (Å²) in [6, 6.07) is 18.0. The van der Waals surface area contributed by atoms with Gasteiger partial charge in [0, 0.05) is 34.6 Å². The highest BCUT2D eigenvalue weighted by molar-refractivity contribution is 6.30. The van der Waals surface area contributed by atoms with Gasteiger partial charge in [-0.05, 0) is 37.6 Å². The van der Waals surface area contributed by atoms with Crippen LogP contribution in [0.2, 0.25) is 5.02 Å². The smallest absolute Gasteiger partial charge is 0.261 e. The number of halogens is 1. The van der Waals surface area contributed by atoms with E-state index in [4.69, 9.17) is 11.6 Å². The highest BCUT2D eigenvalue weighted by Gasteiger charge is 2.22. The van der Waals surface area contributed by atoms with Gasteiger partial charge < -0.3 is 9.88 Å². The summed E-state index contributed by atoms with van der Waals surface area (Å²) in [6.45, 7) is 4.82. The number of hydrogen-bond donors (Lipinski definition) is 1. The molecule has 0 spiro atoms. The van der Waals surface area contributed by atoms with Crippen LogP contribution >= 0.6 is 11.6 Å². The second-order valence-electron chi connectivity index (χ2n) is 7.42. The van der Waals surface area contributed by atoms with Gasteiger partial charge in [0.25, 0.3) is 5.91 Å². The number of carbonyl (C=O) groups excluding carboxylic acids is 1. The van der Waals surface area contributed by atoms with Crippen LogP contribution in [0.15, 0.2) is 65.5 Å². The first-order chi connectivity index (χ1) is 14.5. The summed E-state index contributed by atoms with van der Waals surface area (Å²) in [7, 11) is 0. The third kappa shape index (κ3) is 5.19. The number of nitrogens with zero attached hydrogens (tertiary/aromatic N) is 1. The molecule has 3 rings (SSSR count). The zero-order valence-electron chi connectivity index (χ0n) is 17.5. The van der Waals surface area contributed by atoms with E-state index in [0.717, 1.165) is 43.5 Å². The first kappa shape index (κ1) is 21.8. The number of anilines is 1. The standard InChI is InChI=1S/C25H27ClN2O2/c1-3-4-5-9-15-28-18(2)16-22(29)23(24(28)19-11-10-12-20(26)17-19)25(30)27-21-13-7-6-8-14-21/h6-8,10-14,16-17H,3-5,9,15H2,1-2H3,(H,27,30). The Morgan fingerprint density at radius 1 is 1.00 bits per heavy atom. The summed E-state index contributed by atoms with van der Waals surface area (Å²) in [6.07, 6.45) is 4.38. The molecule has 0 fully saturated rings. The predicted octanol–water partition coefficient (Wildman–Crippen LogP) is 6.31. The number of para-hydroxylation sites is 1. The number of pyridine rings is 1. The van der Waals surface area contributed by atoms with Crippen molar-refractivity contribution in [2.45, 2.75) is 46.1 Å². The number of unbranched alkanes of at least 4 members (excludes halogenated alkanes) is 3. The highest BCUT2D eigenvalue weighted by Crippen LogP contribution is 2.27. The lowest BCUT2D eigenvalue weighted by Gasteiger charge is -2.20. The molecule has 0 bridgehead atoms. The van der Waals surface area contributed by atoms with Crippen LogP contribution in [0.5, 0.6) is 0 Å². The SMILES string of the molecule is CCCCCCn1c(C)cc(=O)c(C(=O)Nc2ccccc2)c1-c1cccc(Cl)c1. The summed E-state index contributed by atoms with van der Waals surface area (Å²) in [5, 5.41) is 3.42. The Morgan fingerprint density at radius 2 is 1.77 bits per heavy atom. The van der Waals surface area contributed by atoms with Crippen molar-refractivity contribution >= 4 is 23.2 Å². The van der Waals surface area contributed by atoms with E-state index in [2.05, 4.69) is 16.8 Å². The Morgan fingerprint density at radius 3 is 2.47 bits per heavy atom. The van der Waals surface area contributed by atoms with Crippen LogP contribution in [-0.2, 0) is 6.54 Å². The number of aryl methyl sites for hydroxylation is 1. The maximum absolute atomic E-state index is 13.2. The minimum atomic E-state index is -0.413. The molecule has 1 aromatic heterocycles. The molecule has 1 amide bonds. The summed E-state index contributed by atoms with van der Waals surface area (Å²) in [4.78, 5) is 26.2. The van der Waals surface area contributed by atoms with Gasteiger partial charge in [0.2, 0.25) is 0 Å². The van der Waals surface area contributed by atoms with Gasteiger partial charge in [-0.25, -0.2) is 0 Å². The monoisotopic (exact) mass is 422 g/mol. The van der Waals surface area contributed by atoms with Gasteiger partial charge in [-0.2, -0.15) is 0 Å². The molecule has 0 unspecified atom stereocenters. The van der Waals surface area contributed by atoms with Crippen molar-refractivity contribution in [1.82, 2.24) is 4.57 Å². The van der Waals surface area contributed by atoms with Crippen LogP contribution in [0.4, 0.5) is 5.69 Å². The molecule has 5 heteroatoms. The van der Waals surface area contributed by atoms with Crippen molar-refractivity contribution in [3.05, 3.63) is 87.2 Å². The predicted molar refractivity (Wildman–Crippen MR) is 124 cm³/mol. The molecule has 30 heavy (non-hydrogen) atoms. The Balaban J connectivity index is 2.12. The van der Waals surface area contributed by atoms with Gasteiger partial charge in [0.1, 0.15) is 5.56 Å². The van der Waals surface area contributed by atoms with Crippen molar-refractivity contribution in [3.63, 3.8) is 0 Å². The van der Waals surface area contributed by atoms with Gasteiger partial charge in [0.15, 0.2) is 5.43 Å². The molecule has 0 aliphatic carbocycles. The first-order valence-corrected chi connectivity index (χ1v) is 10.8. The third-order valence-electron chi connectivity index (χ3n) is 5.11. The lowest BCUT2D eigenvalue weighted by Crippen LogP contribution is -2.26. The Hall–Kier alpha value is -2.85. The van der Waals surface area contributed by atoms with Gasteiger partial charge in [0.05, 0.1) is 5.69 Å². The summed E-state index contributed by atoms with van der Waals surface area (Å²) < 4.78 is 2.07. The van der Waals surface area contributed by atoms with E-state index in [-0.39, 0.29) is 11.0 Å². The van der Waals surface area contributed by atoms with Crippen molar-refractivity contribution < 1.29 is 4.79 Å². The van der Waals surface area contributed by atoms with Crippen LogP contribution in [0.25, 0.3) is 11.3 Å². The van der Waals surface area contributed by atoms with Crippen molar-refractivity contribution in [3.8, 4) is 11.3 Å². The maximum atomic E-state index is 13.2. The minimum Gasteiger partial charge on any atom is -0.344 e. The maximum Gasteiger partial charge on any atom is 0.261 e. The number of hydrogen-bond acceptors (Lipinski definition) is 2. The molecule has 156 valence electrons. The number of amides is 1. The molecule has 0 saturated heterocycles. The number of rotatable bonds is 8. The van der Waals surface area contributed by atoms with Gasteiger partial charge in [-0.3, -0.25) is 9.59 Å². The van der Waals surface area contributed by atoms with E-state index >= 15 is 0 Å². The number of nitrogens with one attached hydrogen (secondary N) is 1. The molecule has 2 aromatic carbocycles. The second kappa shape index (κ2) is 10.3. The van der Waals surface area contributed by atoms with E-state index in [9.17, 15) is 9.59 Å². The van der Waals surface area contributed by atoms with E-state index in [1.165, 1.54) is 0 Å². The Bertz CT molecular complexity index is 1070. The molecule has 0 atom stereocenters. The number of benzene rings is 2. The van der Waals surface area contributed by atoms with Crippen LogP contribution in [0.1, 0.15) is 48.7 Å². The minimum absolute atomic E-state index is 0.141. The lowest BCUT2D eigenvalue weighted by atomic mass is 10.0. The molecule has 0 saturated carbocycles. The number of aromatic nitrogens is 1. The number of carbonyl (C=O) groups is 1. The molecule has 1 heterocycles. The molecule has 1 N–H and O–H groups in total. The van der Waals surface area contributed by atoms with E-state index in [1.54, 1.807) is 30.3 Å². The van der Waals surface area contributed by atoms with Gasteiger partial charge in [-0.15, -0.1) is 0 Å². The Kier molecular flexibility index (Phi) is 7.47. The average Bonchev–Trinajstić information content (AvgIpc) is 2.72. The first-order valence-electron chi connectivity index (χ1n) is 10.4. The molecular weight excluding hydrogens is 396 g/mol. The van der Waals surface area contributed by atoms with E-state index < -0.39 is 5.91 Å². The van der Waals surface area contributed by atoms with Crippen molar-refractivity contribution in [2.75, 3.05) is 5.32 Å². The molecule has 3 aromatic rings. The highest BCUT2D eigenvalue weighted by atomic mass is 35.5. The van der Waals surface area contributed by atoms with Crippen molar-refractivity contribution in [2.24, 2.45) is 0 Å². The molecular formula is C25H27ClN2O2. The van der Waals surface area contributed by atoms with Crippen LogP contribution in [0, 0.1) is 6.92 Å². The Labute approximate surface area is 182 Å². The van der Waals surface area contributed by atoms with Gasteiger partial charge >= 0.3 is 0 Å². The topological polar surface area (TPSA) is 51.1 Å². The fourth-order valence-electron chi connectivity index (χ4n) is 3.62. The zero-order valence-corrected chi connectivity index (χ0v) is 18.2. The molecule has 0 aliphatic heterocycles. The average molecular weight is 423 g/mol. The second-order valence-corrected chi connectivity index (χ2v) is 7.85. The largest absolute Gasteiger partial charge is 0.344 e. The summed E-state index contributed by atoms with van der Waals surface area (Å²) >= 11 is 6.25. The molecule has 0 aliphatic rings. The normalized spacial score (nSPS) is 10.8. The van der Waals surface area contributed by atoms with E-state index in [1.807, 2.05) is 37.3 Å². The fourth-order valence-corrected chi connectivity index (χ4v) is 3.81.